The zero-order chi connectivity index (χ0) is 15.4. The average Bonchev–Trinajstić information content (AvgIpc) is 3.03. The number of nitrogens with one attached hydrogen (secondary N) is 1. The number of hydrogen-bond acceptors (Lipinski definition) is 3. The Hall–Kier alpha value is -1.97. The Bertz CT molecular complexity index is 717. The molecule has 0 aliphatic carbocycles. The Labute approximate surface area is 135 Å². The summed E-state index contributed by atoms with van der Waals surface area (Å²) in [6.07, 6.45) is 0. The van der Waals surface area contributed by atoms with E-state index >= 15 is 0 Å². The second-order valence-electron chi connectivity index (χ2n) is 5.52. The molecule has 1 atom stereocenters. The van der Waals surface area contributed by atoms with Gasteiger partial charge in [0.1, 0.15) is 5.01 Å². The Morgan fingerprint density at radius 1 is 1.05 bits per heavy atom. The van der Waals surface area contributed by atoms with Gasteiger partial charge in [-0.2, -0.15) is 0 Å². The molecule has 0 radical (unpaired) electrons. The Kier molecular flexibility index (Phi) is 4.66. The summed E-state index contributed by atoms with van der Waals surface area (Å²) in [6, 6.07) is 19.4. The van der Waals surface area contributed by atoms with Crippen LogP contribution >= 0.6 is 11.3 Å². The molecule has 0 spiro atoms. The van der Waals surface area contributed by atoms with Crippen molar-refractivity contribution in [2.45, 2.75) is 26.4 Å². The van der Waals surface area contributed by atoms with E-state index in [4.69, 9.17) is 4.98 Å². The molecule has 3 rings (SSSR count). The molecule has 0 fully saturated rings. The molecule has 2 nitrogen and oxygen atoms in total. The van der Waals surface area contributed by atoms with E-state index in [0.717, 1.165) is 17.2 Å². The van der Waals surface area contributed by atoms with Gasteiger partial charge in [-0.3, -0.25) is 0 Å². The molecule has 0 aliphatic heterocycles. The first kappa shape index (κ1) is 14.9. The van der Waals surface area contributed by atoms with E-state index in [2.05, 4.69) is 73.1 Å². The first-order valence-corrected chi connectivity index (χ1v) is 8.40. The van der Waals surface area contributed by atoms with Gasteiger partial charge in [-0.15, -0.1) is 11.3 Å². The number of nitrogens with zero attached hydrogens (tertiary/aromatic N) is 1. The number of aromatic nitrogens is 1. The minimum atomic E-state index is 0.325. The molecular formula is C19H20N2S. The Balaban J connectivity index is 1.63. The lowest BCUT2D eigenvalue weighted by molar-refractivity contribution is 0.569. The molecule has 1 aromatic heterocycles. The van der Waals surface area contributed by atoms with Crippen molar-refractivity contribution < 1.29 is 0 Å². The molecule has 112 valence electrons. The van der Waals surface area contributed by atoms with Crippen LogP contribution in [0.1, 0.15) is 29.8 Å². The minimum absolute atomic E-state index is 0.325. The van der Waals surface area contributed by atoms with Gasteiger partial charge >= 0.3 is 0 Å². The molecule has 3 aromatic rings. The van der Waals surface area contributed by atoms with Gasteiger partial charge in [0.2, 0.25) is 0 Å². The van der Waals surface area contributed by atoms with Crippen LogP contribution in [0, 0.1) is 6.92 Å². The van der Waals surface area contributed by atoms with Crippen LogP contribution in [0.5, 0.6) is 0 Å². The van der Waals surface area contributed by atoms with Gasteiger partial charge in [-0.25, -0.2) is 4.98 Å². The number of rotatable bonds is 5. The van der Waals surface area contributed by atoms with Crippen LogP contribution in [0.3, 0.4) is 0 Å². The zero-order valence-electron chi connectivity index (χ0n) is 12.9. The summed E-state index contributed by atoms with van der Waals surface area (Å²) in [5, 5.41) is 6.76. The van der Waals surface area contributed by atoms with Crippen LogP contribution < -0.4 is 5.32 Å². The highest BCUT2D eigenvalue weighted by Gasteiger charge is 2.07. The number of aryl methyl sites for hydroxylation is 1. The van der Waals surface area contributed by atoms with Gasteiger partial charge in [0.05, 0.1) is 5.69 Å². The molecule has 3 heteroatoms. The van der Waals surface area contributed by atoms with E-state index in [0.29, 0.717) is 6.04 Å². The van der Waals surface area contributed by atoms with E-state index in [1.54, 1.807) is 11.3 Å². The van der Waals surface area contributed by atoms with Gasteiger partial charge in [0.25, 0.3) is 0 Å². The van der Waals surface area contributed by atoms with Crippen molar-refractivity contribution in [1.29, 1.82) is 0 Å². The van der Waals surface area contributed by atoms with Crippen LogP contribution in [0.2, 0.25) is 0 Å². The van der Waals surface area contributed by atoms with Crippen LogP contribution in [-0.4, -0.2) is 4.98 Å². The third kappa shape index (κ3) is 3.62. The van der Waals surface area contributed by atoms with E-state index in [1.165, 1.54) is 16.7 Å². The maximum Gasteiger partial charge on any atom is 0.123 e. The second-order valence-corrected chi connectivity index (χ2v) is 6.38. The summed E-state index contributed by atoms with van der Waals surface area (Å²) in [5.41, 5.74) is 4.87. The van der Waals surface area contributed by atoms with Gasteiger partial charge in [-0.1, -0.05) is 60.2 Å². The molecule has 1 N–H and O–H groups in total. The maximum absolute atomic E-state index is 4.73. The molecule has 0 bridgehead atoms. The quantitative estimate of drug-likeness (QED) is 0.720. The number of benzene rings is 2. The van der Waals surface area contributed by atoms with Crippen molar-refractivity contribution in [2.24, 2.45) is 0 Å². The van der Waals surface area contributed by atoms with Crippen LogP contribution in [-0.2, 0) is 6.54 Å². The molecule has 22 heavy (non-hydrogen) atoms. The lowest BCUT2D eigenvalue weighted by Crippen LogP contribution is -2.18. The van der Waals surface area contributed by atoms with Crippen LogP contribution in [0.4, 0.5) is 0 Å². The second kappa shape index (κ2) is 6.86. The van der Waals surface area contributed by atoms with E-state index < -0.39 is 0 Å². The molecule has 1 unspecified atom stereocenters. The van der Waals surface area contributed by atoms with E-state index in [-0.39, 0.29) is 0 Å². The molecule has 2 aromatic carbocycles. The number of hydrogen-bond donors (Lipinski definition) is 1. The van der Waals surface area contributed by atoms with Gasteiger partial charge in [0.15, 0.2) is 0 Å². The molecule has 0 aliphatic rings. The van der Waals surface area contributed by atoms with Crippen LogP contribution in [0.25, 0.3) is 10.6 Å². The Morgan fingerprint density at radius 3 is 2.50 bits per heavy atom. The predicted octanol–water partition coefficient (Wildman–Crippen LogP) is 4.97. The average molecular weight is 308 g/mol. The summed E-state index contributed by atoms with van der Waals surface area (Å²) in [7, 11) is 0. The summed E-state index contributed by atoms with van der Waals surface area (Å²) in [6.45, 7) is 5.08. The topological polar surface area (TPSA) is 24.9 Å². The van der Waals surface area contributed by atoms with Crippen molar-refractivity contribution in [2.75, 3.05) is 0 Å². The molecule has 0 saturated heterocycles. The molecule has 0 amide bonds. The summed E-state index contributed by atoms with van der Waals surface area (Å²) in [5.74, 6) is 0. The third-order valence-electron chi connectivity index (χ3n) is 3.74. The smallest absolute Gasteiger partial charge is 0.123 e. The normalized spacial score (nSPS) is 12.3. The Morgan fingerprint density at radius 2 is 1.77 bits per heavy atom. The minimum Gasteiger partial charge on any atom is -0.305 e. The number of thiazole rings is 1. The maximum atomic E-state index is 4.73. The summed E-state index contributed by atoms with van der Waals surface area (Å²) in [4.78, 5) is 4.73. The van der Waals surface area contributed by atoms with Crippen molar-refractivity contribution in [3.63, 3.8) is 0 Å². The van der Waals surface area contributed by atoms with Crippen molar-refractivity contribution in [3.05, 3.63) is 76.8 Å². The molecular weight excluding hydrogens is 288 g/mol. The largest absolute Gasteiger partial charge is 0.305 e. The van der Waals surface area contributed by atoms with E-state index in [1.807, 2.05) is 6.07 Å². The fourth-order valence-electron chi connectivity index (χ4n) is 2.33. The standard InChI is InChI=1S/C19H20N2S/c1-14-8-10-17(11-9-14)19-21-18(13-22-19)12-20-15(2)16-6-4-3-5-7-16/h3-11,13,15,20H,12H2,1-2H3. The lowest BCUT2D eigenvalue weighted by atomic mass is 10.1. The van der Waals surface area contributed by atoms with Crippen molar-refractivity contribution in [1.82, 2.24) is 10.3 Å². The van der Waals surface area contributed by atoms with Gasteiger partial charge in [-0.05, 0) is 19.4 Å². The highest BCUT2D eigenvalue weighted by Crippen LogP contribution is 2.24. The highest BCUT2D eigenvalue weighted by molar-refractivity contribution is 7.13. The lowest BCUT2D eigenvalue weighted by Gasteiger charge is -2.12. The summed E-state index contributed by atoms with van der Waals surface area (Å²) >= 11 is 1.70. The first-order valence-electron chi connectivity index (χ1n) is 7.52. The molecule has 0 saturated carbocycles. The molecule has 1 heterocycles. The van der Waals surface area contributed by atoms with Crippen molar-refractivity contribution >= 4 is 11.3 Å². The fraction of sp³-hybridized carbons (Fsp3) is 0.211. The van der Waals surface area contributed by atoms with E-state index in [9.17, 15) is 0 Å². The van der Waals surface area contributed by atoms with Crippen LogP contribution in [0.15, 0.2) is 60.0 Å². The first-order chi connectivity index (χ1) is 10.7. The fourth-order valence-corrected chi connectivity index (χ4v) is 3.16. The SMILES string of the molecule is Cc1ccc(-c2nc(CNC(C)c3ccccc3)cs2)cc1. The van der Waals surface area contributed by atoms with Gasteiger partial charge < -0.3 is 5.32 Å². The van der Waals surface area contributed by atoms with Gasteiger partial charge in [0, 0.05) is 23.5 Å². The third-order valence-corrected chi connectivity index (χ3v) is 4.68. The zero-order valence-corrected chi connectivity index (χ0v) is 13.7. The summed E-state index contributed by atoms with van der Waals surface area (Å²) < 4.78 is 0. The van der Waals surface area contributed by atoms with Crippen molar-refractivity contribution in [3.8, 4) is 10.6 Å². The highest BCUT2D eigenvalue weighted by atomic mass is 32.1. The monoisotopic (exact) mass is 308 g/mol. The predicted molar refractivity (Wildman–Crippen MR) is 94.0 cm³/mol.